The Labute approximate surface area is 87.8 Å². The molecule has 1 heterocycles. The van der Waals surface area contributed by atoms with Gasteiger partial charge >= 0.3 is 6.18 Å². The zero-order valence-corrected chi connectivity index (χ0v) is 9.06. The van der Waals surface area contributed by atoms with Crippen molar-refractivity contribution in [3.63, 3.8) is 0 Å². The lowest BCUT2D eigenvalue weighted by Gasteiger charge is -2.43. The standard InChI is InChI=1S/C10H17F3N2/c1-7-6-15(8(2)5-14-7)9(3-4-9)10(11,12)13/h7-8,14H,3-6H2,1-2H3. The molecule has 88 valence electrons. The fraction of sp³-hybridized carbons (Fsp3) is 1.00. The monoisotopic (exact) mass is 222 g/mol. The van der Waals surface area contributed by atoms with Crippen molar-refractivity contribution in [2.75, 3.05) is 13.1 Å². The van der Waals surface area contributed by atoms with Crippen molar-refractivity contribution < 1.29 is 13.2 Å². The van der Waals surface area contributed by atoms with Crippen LogP contribution in [-0.4, -0.2) is 41.8 Å². The molecule has 2 atom stereocenters. The van der Waals surface area contributed by atoms with Gasteiger partial charge in [-0.1, -0.05) is 0 Å². The minimum atomic E-state index is -4.07. The molecule has 0 bridgehead atoms. The molecule has 0 radical (unpaired) electrons. The van der Waals surface area contributed by atoms with Crippen molar-refractivity contribution in [2.24, 2.45) is 0 Å². The van der Waals surface area contributed by atoms with E-state index in [-0.39, 0.29) is 24.9 Å². The molecule has 15 heavy (non-hydrogen) atoms. The first-order valence-electron chi connectivity index (χ1n) is 5.44. The minimum absolute atomic E-state index is 0.0228. The smallest absolute Gasteiger partial charge is 0.311 e. The van der Waals surface area contributed by atoms with Gasteiger partial charge in [0.1, 0.15) is 5.54 Å². The molecular formula is C10H17F3N2. The van der Waals surface area contributed by atoms with E-state index in [4.69, 9.17) is 0 Å². The van der Waals surface area contributed by atoms with Gasteiger partial charge in [-0.05, 0) is 26.7 Å². The Balaban J connectivity index is 2.15. The second-order valence-electron chi connectivity index (χ2n) is 4.84. The molecule has 1 aliphatic carbocycles. The van der Waals surface area contributed by atoms with E-state index >= 15 is 0 Å². The molecule has 0 aromatic heterocycles. The fourth-order valence-corrected chi connectivity index (χ4v) is 2.47. The van der Waals surface area contributed by atoms with Gasteiger partial charge in [0.05, 0.1) is 0 Å². The molecule has 2 unspecified atom stereocenters. The van der Waals surface area contributed by atoms with Gasteiger partial charge in [0.15, 0.2) is 0 Å². The van der Waals surface area contributed by atoms with E-state index in [1.807, 2.05) is 13.8 Å². The van der Waals surface area contributed by atoms with Crippen molar-refractivity contribution in [3.05, 3.63) is 0 Å². The maximum absolute atomic E-state index is 12.9. The molecule has 0 aromatic rings. The summed E-state index contributed by atoms with van der Waals surface area (Å²) in [7, 11) is 0. The van der Waals surface area contributed by atoms with Crippen LogP contribution in [0.15, 0.2) is 0 Å². The number of piperazine rings is 1. The number of hydrogen-bond acceptors (Lipinski definition) is 2. The molecule has 2 rings (SSSR count). The SMILES string of the molecule is CC1CN(C2(C(F)(F)F)CC2)C(C)CN1. The van der Waals surface area contributed by atoms with E-state index in [1.165, 1.54) is 0 Å². The molecule has 2 nitrogen and oxygen atoms in total. The third kappa shape index (κ3) is 1.76. The van der Waals surface area contributed by atoms with Crippen LogP contribution in [0.25, 0.3) is 0 Å². The molecule has 5 heteroatoms. The largest absolute Gasteiger partial charge is 0.406 e. The predicted molar refractivity (Wildman–Crippen MR) is 51.7 cm³/mol. The summed E-state index contributed by atoms with van der Waals surface area (Å²) >= 11 is 0. The molecule has 2 fully saturated rings. The molecule has 0 amide bonds. The highest BCUT2D eigenvalue weighted by Crippen LogP contribution is 2.54. The lowest BCUT2D eigenvalue weighted by Crippen LogP contribution is -2.62. The van der Waals surface area contributed by atoms with Gasteiger partial charge in [-0.25, -0.2) is 0 Å². The van der Waals surface area contributed by atoms with Crippen molar-refractivity contribution in [1.82, 2.24) is 10.2 Å². The summed E-state index contributed by atoms with van der Waals surface area (Å²) in [4.78, 5) is 1.65. The summed E-state index contributed by atoms with van der Waals surface area (Å²) in [5, 5.41) is 3.20. The lowest BCUT2D eigenvalue weighted by atomic mass is 10.1. The molecule has 0 spiro atoms. The highest BCUT2D eigenvalue weighted by atomic mass is 19.4. The highest BCUT2D eigenvalue weighted by Gasteiger charge is 2.67. The van der Waals surface area contributed by atoms with Crippen LogP contribution in [0.3, 0.4) is 0 Å². The Bertz CT molecular complexity index is 248. The number of halogens is 3. The average molecular weight is 222 g/mol. The van der Waals surface area contributed by atoms with Gasteiger partial charge in [-0.15, -0.1) is 0 Å². The summed E-state index contributed by atoms with van der Waals surface area (Å²) in [5.41, 5.74) is -1.50. The third-order valence-corrected chi connectivity index (χ3v) is 3.57. The number of nitrogens with one attached hydrogen (secondary N) is 1. The van der Waals surface area contributed by atoms with E-state index in [2.05, 4.69) is 5.32 Å². The fourth-order valence-electron chi connectivity index (χ4n) is 2.47. The number of hydrogen-bond donors (Lipinski definition) is 1. The zero-order chi connectivity index (χ0) is 11.3. The van der Waals surface area contributed by atoms with Crippen LogP contribution in [0.1, 0.15) is 26.7 Å². The van der Waals surface area contributed by atoms with Crippen LogP contribution in [0, 0.1) is 0 Å². The Hall–Kier alpha value is -0.290. The number of rotatable bonds is 1. The van der Waals surface area contributed by atoms with Gasteiger partial charge in [-0.2, -0.15) is 13.2 Å². The van der Waals surface area contributed by atoms with Gasteiger partial charge in [0, 0.05) is 25.2 Å². The van der Waals surface area contributed by atoms with Gasteiger partial charge < -0.3 is 5.32 Å². The molecule has 1 N–H and O–H groups in total. The van der Waals surface area contributed by atoms with Crippen molar-refractivity contribution in [2.45, 2.75) is 50.5 Å². The summed E-state index contributed by atoms with van der Waals surface area (Å²) in [6, 6.07) is 0.131. The summed E-state index contributed by atoms with van der Waals surface area (Å²) in [5.74, 6) is 0. The van der Waals surface area contributed by atoms with E-state index in [1.54, 1.807) is 4.90 Å². The van der Waals surface area contributed by atoms with Gasteiger partial charge in [-0.3, -0.25) is 4.90 Å². The summed E-state index contributed by atoms with van der Waals surface area (Å²) in [6.07, 6.45) is -3.53. The first-order valence-corrected chi connectivity index (χ1v) is 5.44. The molecule has 1 saturated heterocycles. The first-order chi connectivity index (χ1) is 6.87. The summed E-state index contributed by atoms with van der Waals surface area (Å²) < 4.78 is 38.8. The number of alkyl halides is 3. The predicted octanol–water partition coefficient (Wildman–Crippen LogP) is 1.76. The molecule has 1 saturated carbocycles. The molecule has 1 aliphatic heterocycles. The Morgan fingerprint density at radius 2 is 1.87 bits per heavy atom. The van der Waals surface area contributed by atoms with Gasteiger partial charge in [0.2, 0.25) is 0 Å². The molecular weight excluding hydrogens is 205 g/mol. The zero-order valence-electron chi connectivity index (χ0n) is 9.06. The maximum Gasteiger partial charge on any atom is 0.406 e. The second kappa shape index (κ2) is 3.35. The van der Waals surface area contributed by atoms with E-state index in [0.717, 1.165) is 0 Å². The topological polar surface area (TPSA) is 15.3 Å². The van der Waals surface area contributed by atoms with Crippen LogP contribution >= 0.6 is 0 Å². The minimum Gasteiger partial charge on any atom is -0.311 e. The van der Waals surface area contributed by atoms with Crippen LogP contribution in [0.2, 0.25) is 0 Å². The highest BCUT2D eigenvalue weighted by molar-refractivity contribution is 5.12. The van der Waals surface area contributed by atoms with E-state index in [9.17, 15) is 13.2 Å². The average Bonchev–Trinajstić information content (AvgIpc) is 2.88. The van der Waals surface area contributed by atoms with E-state index < -0.39 is 11.7 Å². The normalized spacial score (nSPS) is 36.6. The molecule has 2 aliphatic rings. The van der Waals surface area contributed by atoms with Crippen molar-refractivity contribution in [1.29, 1.82) is 0 Å². The van der Waals surface area contributed by atoms with Crippen LogP contribution in [-0.2, 0) is 0 Å². The Morgan fingerprint density at radius 1 is 1.27 bits per heavy atom. The van der Waals surface area contributed by atoms with Crippen molar-refractivity contribution >= 4 is 0 Å². The van der Waals surface area contributed by atoms with Crippen LogP contribution in [0.5, 0.6) is 0 Å². The Kier molecular flexibility index (Phi) is 2.50. The third-order valence-electron chi connectivity index (χ3n) is 3.57. The Morgan fingerprint density at radius 3 is 2.33 bits per heavy atom. The quantitative estimate of drug-likeness (QED) is 0.727. The molecule has 0 aromatic carbocycles. The maximum atomic E-state index is 12.9. The number of nitrogens with zero attached hydrogens (tertiary/aromatic N) is 1. The first kappa shape index (κ1) is 11.2. The summed E-state index contributed by atoms with van der Waals surface area (Å²) in [6.45, 7) is 4.95. The van der Waals surface area contributed by atoms with Crippen LogP contribution in [0.4, 0.5) is 13.2 Å². The van der Waals surface area contributed by atoms with Crippen molar-refractivity contribution in [3.8, 4) is 0 Å². The van der Waals surface area contributed by atoms with E-state index in [0.29, 0.717) is 13.1 Å². The van der Waals surface area contributed by atoms with Gasteiger partial charge in [0.25, 0.3) is 0 Å². The second-order valence-corrected chi connectivity index (χ2v) is 4.84. The lowest BCUT2D eigenvalue weighted by molar-refractivity contribution is -0.205. The van der Waals surface area contributed by atoms with Crippen LogP contribution < -0.4 is 5.32 Å².